The van der Waals surface area contributed by atoms with Crippen molar-refractivity contribution in [2.45, 2.75) is 66.5 Å². The van der Waals surface area contributed by atoms with Gasteiger partial charge in [-0.3, -0.25) is 4.79 Å². The molecule has 3 heterocycles. The van der Waals surface area contributed by atoms with Crippen molar-refractivity contribution >= 4 is 27.5 Å². The Hall–Kier alpha value is -3.95. The number of hydrogen-bond acceptors (Lipinski definition) is 7. The maximum absolute atomic E-state index is 14.5. The van der Waals surface area contributed by atoms with Gasteiger partial charge in [-0.15, -0.1) is 0 Å². The average molecular weight is 692 g/mol. The van der Waals surface area contributed by atoms with Gasteiger partial charge in [0.2, 0.25) is 5.91 Å². The lowest BCUT2D eigenvalue weighted by molar-refractivity contribution is -0.126. The predicted molar refractivity (Wildman–Crippen MR) is 184 cm³/mol. The molecule has 1 aliphatic carbocycles. The minimum Gasteiger partial charge on any atom is -0.465 e. The number of rotatable bonds is 10. The smallest absolute Gasteiger partial charge is 0.404 e. The quantitative estimate of drug-likeness (QED) is 0.339. The fourth-order valence-electron chi connectivity index (χ4n) is 8.96. The lowest BCUT2D eigenvalue weighted by Crippen LogP contribution is -2.55. The van der Waals surface area contributed by atoms with E-state index in [1.54, 1.807) is 23.1 Å². The molecule has 3 aliphatic heterocycles. The summed E-state index contributed by atoms with van der Waals surface area (Å²) in [5.74, 6) is -0.336. The molecule has 262 valence electrons. The maximum atomic E-state index is 14.5. The third-order valence-electron chi connectivity index (χ3n) is 11.5. The van der Waals surface area contributed by atoms with Crippen molar-refractivity contribution in [2.75, 3.05) is 50.7 Å². The van der Waals surface area contributed by atoms with Crippen LogP contribution in [-0.4, -0.2) is 92.4 Å². The van der Waals surface area contributed by atoms with Crippen molar-refractivity contribution in [2.24, 2.45) is 17.8 Å². The fraction of sp³-hybridized carbons (Fsp3) is 0.541. The molecule has 3 saturated heterocycles. The molecular formula is C37H46FN5O5S. The zero-order chi connectivity index (χ0) is 34.8. The van der Waals surface area contributed by atoms with Gasteiger partial charge in [-0.25, -0.2) is 17.6 Å². The molecule has 4 aliphatic rings. The number of halogens is 1. The number of sulfone groups is 1. The van der Waals surface area contributed by atoms with Gasteiger partial charge in [-0.05, 0) is 106 Å². The summed E-state index contributed by atoms with van der Waals surface area (Å²) in [5, 5.41) is 22.5. The number of carbonyl (C=O) groups excluding carboxylic acids is 1. The summed E-state index contributed by atoms with van der Waals surface area (Å²) in [6.07, 6.45) is 4.77. The van der Waals surface area contributed by atoms with E-state index >= 15 is 0 Å². The van der Waals surface area contributed by atoms with E-state index < -0.39 is 26.6 Å². The molecule has 0 radical (unpaired) electrons. The van der Waals surface area contributed by atoms with E-state index in [1.165, 1.54) is 18.2 Å². The van der Waals surface area contributed by atoms with Gasteiger partial charge in [0.25, 0.3) is 0 Å². The third-order valence-corrected chi connectivity index (χ3v) is 13.8. The molecule has 6 rings (SSSR count). The number of carbonyl (C=O) groups is 2. The molecule has 12 heteroatoms. The Morgan fingerprint density at radius 2 is 1.71 bits per heavy atom. The van der Waals surface area contributed by atoms with Gasteiger partial charge in [0.1, 0.15) is 5.82 Å². The number of piperidine rings is 2. The largest absolute Gasteiger partial charge is 0.465 e. The molecule has 2 amide bonds. The van der Waals surface area contributed by atoms with E-state index in [1.807, 2.05) is 18.2 Å². The van der Waals surface area contributed by atoms with Gasteiger partial charge in [0.05, 0.1) is 21.6 Å². The SMILES string of the molecule is C=CC(=O)N1CCC(S(=O)(=O)c2ccc(N3CC(CN4CCC([C@@](C#N)(c5cccc(F)c5)[C@H]5CCC[C@@H]5NC(=O)O)CC4)C3)cc2)CC1. The minimum atomic E-state index is -3.49. The Bertz CT molecular complexity index is 1680. The van der Waals surface area contributed by atoms with Crippen LogP contribution < -0.4 is 10.2 Å². The molecular weight excluding hydrogens is 646 g/mol. The van der Waals surface area contributed by atoms with Crippen molar-refractivity contribution in [1.82, 2.24) is 15.1 Å². The number of hydrogen-bond donors (Lipinski definition) is 2. The van der Waals surface area contributed by atoms with Crippen LogP contribution >= 0.6 is 0 Å². The zero-order valence-electron chi connectivity index (χ0n) is 27.8. The highest BCUT2D eigenvalue weighted by molar-refractivity contribution is 7.92. The summed E-state index contributed by atoms with van der Waals surface area (Å²) in [7, 11) is -3.49. The Kier molecular flexibility index (Phi) is 10.3. The van der Waals surface area contributed by atoms with Crippen molar-refractivity contribution in [3.8, 4) is 6.07 Å². The van der Waals surface area contributed by atoms with Gasteiger partial charge in [0, 0.05) is 56.3 Å². The predicted octanol–water partition coefficient (Wildman–Crippen LogP) is 4.82. The highest BCUT2D eigenvalue weighted by Gasteiger charge is 2.52. The van der Waals surface area contributed by atoms with E-state index in [-0.39, 0.29) is 29.6 Å². The monoisotopic (exact) mass is 691 g/mol. The first-order valence-corrected chi connectivity index (χ1v) is 19.0. The molecule has 2 aromatic rings. The summed E-state index contributed by atoms with van der Waals surface area (Å²) in [6.45, 7) is 8.65. The molecule has 4 fully saturated rings. The van der Waals surface area contributed by atoms with Crippen LogP contribution in [0, 0.1) is 34.9 Å². The topological polar surface area (TPSA) is 134 Å². The summed E-state index contributed by atoms with van der Waals surface area (Å²) >= 11 is 0. The molecule has 3 atom stereocenters. The molecule has 10 nitrogen and oxygen atoms in total. The van der Waals surface area contributed by atoms with Crippen molar-refractivity contribution in [3.05, 3.63) is 72.6 Å². The van der Waals surface area contributed by atoms with Crippen LogP contribution in [-0.2, 0) is 20.0 Å². The molecule has 0 spiro atoms. The lowest BCUT2D eigenvalue weighted by Gasteiger charge is -2.48. The summed E-state index contributed by atoms with van der Waals surface area (Å²) in [5.41, 5.74) is 0.666. The highest BCUT2D eigenvalue weighted by atomic mass is 32.2. The Labute approximate surface area is 288 Å². The summed E-state index contributed by atoms with van der Waals surface area (Å²) < 4.78 is 41.1. The summed E-state index contributed by atoms with van der Waals surface area (Å²) in [6, 6.07) is 15.8. The average Bonchev–Trinajstić information content (AvgIpc) is 3.55. The normalized spacial score (nSPS) is 24.1. The maximum Gasteiger partial charge on any atom is 0.404 e. The third kappa shape index (κ3) is 7.06. The molecule has 0 unspecified atom stereocenters. The van der Waals surface area contributed by atoms with Crippen LogP contribution in [0.5, 0.6) is 0 Å². The minimum absolute atomic E-state index is 0.0217. The van der Waals surface area contributed by atoms with E-state index in [0.29, 0.717) is 48.7 Å². The number of nitrogens with one attached hydrogen (secondary N) is 1. The molecule has 2 aromatic carbocycles. The number of anilines is 1. The van der Waals surface area contributed by atoms with Gasteiger partial charge < -0.3 is 25.1 Å². The standard InChI is InChI=1S/C37H46FN5O5S/c1-2-35(44)42-19-15-32(16-20-42)49(47,48)31-11-9-30(10-12-31)43-23-26(24-43)22-41-17-13-27(14-18-41)37(25-39,28-5-3-6-29(38)21-28)33-7-4-8-34(33)40-36(45)46/h2-3,5-6,9-12,21,26-27,32-34,40H,1,4,7-8,13-20,22-24H2,(H,45,46)/t33-,34-,37-/m0/s1. The molecule has 2 N–H and O–H groups in total. The number of benzene rings is 2. The van der Waals surface area contributed by atoms with E-state index in [9.17, 15) is 32.8 Å². The van der Waals surface area contributed by atoms with Crippen molar-refractivity contribution in [3.63, 3.8) is 0 Å². The van der Waals surface area contributed by atoms with Gasteiger partial charge in [0.15, 0.2) is 9.84 Å². The Morgan fingerprint density at radius 3 is 2.33 bits per heavy atom. The van der Waals surface area contributed by atoms with Gasteiger partial charge >= 0.3 is 6.09 Å². The lowest BCUT2D eigenvalue weighted by atomic mass is 9.59. The first-order chi connectivity index (χ1) is 23.5. The van der Waals surface area contributed by atoms with E-state index in [0.717, 1.165) is 64.1 Å². The summed E-state index contributed by atoms with van der Waals surface area (Å²) in [4.78, 5) is 30.2. The van der Waals surface area contributed by atoms with Crippen LogP contribution in [0.2, 0.25) is 0 Å². The number of likely N-dealkylation sites (tertiary alicyclic amines) is 2. The van der Waals surface area contributed by atoms with Crippen LogP contribution in [0.4, 0.5) is 14.9 Å². The van der Waals surface area contributed by atoms with Crippen molar-refractivity contribution in [1.29, 1.82) is 5.26 Å². The Balaban J connectivity index is 1.04. The van der Waals surface area contributed by atoms with Crippen LogP contribution in [0.3, 0.4) is 0 Å². The number of nitrogens with zero attached hydrogens (tertiary/aromatic N) is 4. The van der Waals surface area contributed by atoms with Gasteiger partial charge in [-0.1, -0.05) is 25.1 Å². The number of amides is 2. The molecule has 1 saturated carbocycles. The fourth-order valence-corrected chi connectivity index (χ4v) is 10.7. The Morgan fingerprint density at radius 1 is 1.02 bits per heavy atom. The highest BCUT2D eigenvalue weighted by Crippen LogP contribution is 2.50. The first kappa shape index (κ1) is 34.9. The van der Waals surface area contributed by atoms with Crippen LogP contribution in [0.15, 0.2) is 66.1 Å². The van der Waals surface area contributed by atoms with Crippen LogP contribution in [0.1, 0.15) is 50.5 Å². The second-order valence-electron chi connectivity index (χ2n) is 14.2. The number of nitriles is 1. The van der Waals surface area contributed by atoms with Crippen LogP contribution in [0.25, 0.3) is 0 Å². The zero-order valence-corrected chi connectivity index (χ0v) is 28.7. The van der Waals surface area contributed by atoms with Crippen molar-refractivity contribution < 1.29 is 27.5 Å². The first-order valence-electron chi connectivity index (χ1n) is 17.4. The van der Waals surface area contributed by atoms with E-state index in [4.69, 9.17) is 0 Å². The molecule has 0 aromatic heterocycles. The van der Waals surface area contributed by atoms with E-state index in [2.05, 4.69) is 27.8 Å². The molecule has 49 heavy (non-hydrogen) atoms. The second-order valence-corrected chi connectivity index (χ2v) is 16.4. The second kappa shape index (κ2) is 14.5. The molecule has 0 bridgehead atoms. The number of carboxylic acid groups (broad SMARTS) is 1. The van der Waals surface area contributed by atoms with Gasteiger partial charge in [-0.2, -0.15) is 5.26 Å².